The van der Waals surface area contributed by atoms with Crippen LogP contribution >= 0.6 is 0 Å². The number of hydrogen-bond donors (Lipinski definition) is 2. The summed E-state index contributed by atoms with van der Waals surface area (Å²) in [5.41, 5.74) is 13.1. The Morgan fingerprint density at radius 3 is 2.67 bits per heavy atom. The number of ether oxygens (including phenoxy) is 1. The highest BCUT2D eigenvalue weighted by atomic mass is 16.5. The lowest BCUT2D eigenvalue weighted by Gasteiger charge is -2.39. The van der Waals surface area contributed by atoms with Crippen molar-refractivity contribution in [1.29, 1.82) is 0 Å². The van der Waals surface area contributed by atoms with Crippen LogP contribution < -0.4 is 21.1 Å². The van der Waals surface area contributed by atoms with Crippen LogP contribution in [0, 0.1) is 5.92 Å². The summed E-state index contributed by atoms with van der Waals surface area (Å²) in [7, 11) is 0. The fourth-order valence-electron chi connectivity index (χ4n) is 2.81. The van der Waals surface area contributed by atoms with Gasteiger partial charge in [-0.05, 0) is 39.7 Å². The minimum absolute atomic E-state index is 0.0943. The summed E-state index contributed by atoms with van der Waals surface area (Å²) in [6.07, 6.45) is 1.89. The third-order valence-corrected chi connectivity index (χ3v) is 3.90. The van der Waals surface area contributed by atoms with Gasteiger partial charge in [0.2, 0.25) is 5.91 Å². The molecular weight excluding hydrogens is 266 g/mol. The van der Waals surface area contributed by atoms with Crippen LogP contribution in [0.15, 0.2) is 18.2 Å². The molecule has 2 atom stereocenters. The number of piperidine rings is 1. The molecule has 116 valence electrons. The van der Waals surface area contributed by atoms with Crippen molar-refractivity contribution in [2.75, 3.05) is 17.2 Å². The summed E-state index contributed by atoms with van der Waals surface area (Å²) in [6, 6.07) is 6.08. The first kappa shape index (κ1) is 15.5. The molecule has 1 aliphatic rings. The molecule has 1 aliphatic heterocycles. The summed E-state index contributed by atoms with van der Waals surface area (Å²) < 4.78 is 5.74. The van der Waals surface area contributed by atoms with Gasteiger partial charge >= 0.3 is 0 Å². The maximum atomic E-state index is 11.5. The fraction of sp³-hybridized carbons (Fsp3) is 0.562. The van der Waals surface area contributed by atoms with E-state index in [2.05, 4.69) is 11.8 Å². The third kappa shape index (κ3) is 3.80. The first-order valence-electron chi connectivity index (χ1n) is 7.50. The molecular formula is C16H25N3O2. The Morgan fingerprint density at radius 2 is 2.05 bits per heavy atom. The lowest BCUT2D eigenvalue weighted by Crippen LogP contribution is -2.45. The number of nitrogen functional groups attached to an aromatic ring is 1. The van der Waals surface area contributed by atoms with Gasteiger partial charge in [0.15, 0.2) is 0 Å². The molecule has 5 nitrogen and oxygen atoms in total. The van der Waals surface area contributed by atoms with E-state index in [0.717, 1.165) is 24.3 Å². The van der Waals surface area contributed by atoms with E-state index < -0.39 is 0 Å². The first-order valence-corrected chi connectivity index (χ1v) is 7.50. The molecule has 21 heavy (non-hydrogen) atoms. The monoisotopic (exact) mass is 291 g/mol. The van der Waals surface area contributed by atoms with Crippen LogP contribution in [-0.2, 0) is 4.79 Å². The molecule has 2 unspecified atom stereocenters. The lowest BCUT2D eigenvalue weighted by molar-refractivity contribution is -0.122. The molecule has 0 saturated carbocycles. The molecule has 1 saturated heterocycles. The van der Waals surface area contributed by atoms with Gasteiger partial charge in [0.05, 0.1) is 12.0 Å². The standard InChI is InChI=1S/C16H25N3O2/c1-10(2)21-15-7-13(17)6-14(8-15)19-9-12(16(18)20)5-4-11(19)3/h6-8,10-12H,4-5,9,17H2,1-3H3,(H2,18,20). The van der Waals surface area contributed by atoms with Crippen molar-refractivity contribution in [2.24, 2.45) is 11.7 Å². The Hall–Kier alpha value is -1.91. The zero-order valence-electron chi connectivity index (χ0n) is 13.0. The fourth-order valence-corrected chi connectivity index (χ4v) is 2.81. The van der Waals surface area contributed by atoms with Crippen LogP contribution in [0.5, 0.6) is 5.75 Å². The SMILES string of the molecule is CC(C)Oc1cc(N)cc(N2CC(C(N)=O)CCC2C)c1. The highest BCUT2D eigenvalue weighted by Gasteiger charge is 2.29. The zero-order valence-corrected chi connectivity index (χ0v) is 13.0. The second-order valence-electron chi connectivity index (χ2n) is 6.10. The number of carbonyl (C=O) groups excluding carboxylic acids is 1. The number of nitrogens with two attached hydrogens (primary N) is 2. The largest absolute Gasteiger partial charge is 0.491 e. The van der Waals surface area contributed by atoms with E-state index in [1.165, 1.54) is 0 Å². The van der Waals surface area contributed by atoms with Crippen molar-refractivity contribution in [3.05, 3.63) is 18.2 Å². The van der Waals surface area contributed by atoms with Gasteiger partial charge < -0.3 is 21.1 Å². The molecule has 1 fully saturated rings. The van der Waals surface area contributed by atoms with Crippen molar-refractivity contribution in [3.63, 3.8) is 0 Å². The van der Waals surface area contributed by atoms with Crippen molar-refractivity contribution < 1.29 is 9.53 Å². The van der Waals surface area contributed by atoms with Gasteiger partial charge in [-0.25, -0.2) is 0 Å². The number of hydrogen-bond acceptors (Lipinski definition) is 4. The molecule has 0 spiro atoms. The van der Waals surface area contributed by atoms with E-state index in [1.807, 2.05) is 32.0 Å². The van der Waals surface area contributed by atoms with Gasteiger partial charge in [0.1, 0.15) is 5.75 Å². The van der Waals surface area contributed by atoms with Gasteiger partial charge in [-0.1, -0.05) is 0 Å². The predicted molar refractivity (Wildman–Crippen MR) is 85.3 cm³/mol. The molecule has 1 aromatic carbocycles. The highest BCUT2D eigenvalue weighted by molar-refractivity contribution is 5.78. The van der Waals surface area contributed by atoms with E-state index in [9.17, 15) is 4.79 Å². The molecule has 1 amide bonds. The maximum Gasteiger partial charge on any atom is 0.222 e. The maximum absolute atomic E-state index is 11.5. The summed E-state index contributed by atoms with van der Waals surface area (Å²) in [5.74, 6) is 0.431. The smallest absolute Gasteiger partial charge is 0.222 e. The van der Waals surface area contributed by atoms with Crippen LogP contribution in [0.2, 0.25) is 0 Å². The van der Waals surface area contributed by atoms with E-state index in [4.69, 9.17) is 16.2 Å². The molecule has 0 aliphatic carbocycles. The molecule has 5 heteroatoms. The summed E-state index contributed by atoms with van der Waals surface area (Å²) in [5, 5.41) is 0. The second kappa shape index (κ2) is 6.24. The van der Waals surface area contributed by atoms with Gasteiger partial charge in [-0.2, -0.15) is 0 Å². The number of nitrogens with zero attached hydrogens (tertiary/aromatic N) is 1. The molecule has 1 heterocycles. The van der Waals surface area contributed by atoms with Crippen LogP contribution in [0.4, 0.5) is 11.4 Å². The Morgan fingerprint density at radius 1 is 1.33 bits per heavy atom. The van der Waals surface area contributed by atoms with Gasteiger partial charge in [0.25, 0.3) is 0 Å². The Kier molecular flexibility index (Phi) is 4.60. The molecule has 0 radical (unpaired) electrons. The highest BCUT2D eigenvalue weighted by Crippen LogP contribution is 2.32. The molecule has 2 rings (SSSR count). The summed E-state index contributed by atoms with van der Waals surface area (Å²) in [6.45, 7) is 6.76. The van der Waals surface area contributed by atoms with E-state index in [1.54, 1.807) is 0 Å². The van der Waals surface area contributed by atoms with Crippen molar-refractivity contribution in [1.82, 2.24) is 0 Å². The number of primary amides is 1. The van der Waals surface area contributed by atoms with E-state index in [-0.39, 0.29) is 17.9 Å². The average Bonchev–Trinajstić information content (AvgIpc) is 2.37. The predicted octanol–water partition coefficient (Wildman–Crippen LogP) is 2.15. The van der Waals surface area contributed by atoms with Gasteiger partial charge in [-0.15, -0.1) is 0 Å². The number of carbonyl (C=O) groups is 1. The van der Waals surface area contributed by atoms with Crippen molar-refractivity contribution in [2.45, 2.75) is 45.8 Å². The summed E-state index contributed by atoms with van der Waals surface area (Å²) in [4.78, 5) is 13.7. The number of anilines is 2. The normalized spacial score (nSPS) is 22.4. The number of benzene rings is 1. The first-order chi connectivity index (χ1) is 9.86. The second-order valence-corrected chi connectivity index (χ2v) is 6.10. The van der Waals surface area contributed by atoms with E-state index in [0.29, 0.717) is 18.3 Å². The van der Waals surface area contributed by atoms with Crippen LogP contribution in [0.1, 0.15) is 33.6 Å². The molecule has 0 aromatic heterocycles. The number of amides is 1. The van der Waals surface area contributed by atoms with Crippen LogP contribution in [0.3, 0.4) is 0 Å². The Balaban J connectivity index is 2.26. The molecule has 1 aromatic rings. The van der Waals surface area contributed by atoms with Crippen LogP contribution in [0.25, 0.3) is 0 Å². The Labute approximate surface area is 126 Å². The average molecular weight is 291 g/mol. The minimum Gasteiger partial charge on any atom is -0.491 e. The minimum atomic E-state index is -0.227. The topological polar surface area (TPSA) is 81.6 Å². The third-order valence-electron chi connectivity index (χ3n) is 3.90. The molecule has 4 N–H and O–H groups in total. The summed E-state index contributed by atoms with van der Waals surface area (Å²) >= 11 is 0. The van der Waals surface area contributed by atoms with Crippen LogP contribution in [-0.4, -0.2) is 24.6 Å². The van der Waals surface area contributed by atoms with E-state index >= 15 is 0 Å². The lowest BCUT2D eigenvalue weighted by atomic mass is 9.92. The zero-order chi connectivity index (χ0) is 15.6. The van der Waals surface area contributed by atoms with Crippen molar-refractivity contribution >= 4 is 17.3 Å². The number of rotatable bonds is 4. The Bertz CT molecular complexity index is 516. The van der Waals surface area contributed by atoms with Crippen molar-refractivity contribution in [3.8, 4) is 5.75 Å². The van der Waals surface area contributed by atoms with Gasteiger partial charge in [-0.3, -0.25) is 4.79 Å². The molecule has 0 bridgehead atoms. The van der Waals surface area contributed by atoms with Gasteiger partial charge in [0, 0.05) is 36.1 Å². The quantitative estimate of drug-likeness (QED) is 0.833.